The van der Waals surface area contributed by atoms with Crippen LogP contribution < -0.4 is 11.0 Å². The van der Waals surface area contributed by atoms with Gasteiger partial charge in [-0.25, -0.2) is 9.82 Å². The van der Waals surface area contributed by atoms with Gasteiger partial charge in [0.25, 0.3) is 11.5 Å². The molecule has 0 saturated heterocycles. The van der Waals surface area contributed by atoms with E-state index in [-0.39, 0.29) is 11.3 Å². The number of hydrogen-bond acceptors (Lipinski definition) is 4. The van der Waals surface area contributed by atoms with Gasteiger partial charge >= 0.3 is 0 Å². The van der Waals surface area contributed by atoms with E-state index in [1.165, 1.54) is 29.0 Å². The van der Waals surface area contributed by atoms with Crippen LogP contribution in [0.3, 0.4) is 0 Å². The number of halogens is 1. The van der Waals surface area contributed by atoms with Crippen molar-refractivity contribution >= 4 is 23.0 Å². The van der Waals surface area contributed by atoms with Gasteiger partial charge in [0.15, 0.2) is 0 Å². The number of carbonyl (C=O) groups excluding carboxylic acids is 1. The minimum absolute atomic E-state index is 0.364. The largest absolute Gasteiger partial charge is 0.506 e. The number of hydrogen-bond donors (Lipinski definition) is 2. The monoisotopic (exact) mass is 395 g/mol. The fourth-order valence-corrected chi connectivity index (χ4v) is 3.14. The molecule has 2 aromatic carbocycles. The van der Waals surface area contributed by atoms with Crippen molar-refractivity contribution in [1.29, 1.82) is 0 Å². The molecule has 0 spiro atoms. The Morgan fingerprint density at radius 1 is 1.21 bits per heavy atom. The Hall–Kier alpha value is -3.48. The number of unbranched alkanes of at least 4 members (excludes halogenated alkanes) is 2. The fraction of sp³-hybridized carbons (Fsp3) is 0.227. The van der Waals surface area contributed by atoms with Crippen molar-refractivity contribution in [2.75, 3.05) is 0 Å². The molecule has 3 rings (SSSR count). The summed E-state index contributed by atoms with van der Waals surface area (Å²) in [6, 6.07) is 12.6. The fourth-order valence-electron chi connectivity index (χ4n) is 3.14. The molecule has 1 heterocycles. The molecule has 3 aromatic rings. The predicted octanol–water partition coefficient (Wildman–Crippen LogP) is 3.80. The van der Waals surface area contributed by atoms with E-state index in [4.69, 9.17) is 0 Å². The number of aryl methyl sites for hydroxylation is 1. The smallest absolute Gasteiger partial charge is 0.280 e. The molecule has 0 aliphatic heterocycles. The van der Waals surface area contributed by atoms with Crippen molar-refractivity contribution in [3.05, 3.63) is 75.8 Å². The first kappa shape index (κ1) is 20.3. The lowest BCUT2D eigenvalue weighted by Gasteiger charge is -2.14. The Labute approximate surface area is 167 Å². The molecule has 6 nitrogen and oxygen atoms in total. The third-order valence-corrected chi connectivity index (χ3v) is 4.59. The number of nitrogens with zero attached hydrogens (tertiary/aromatic N) is 2. The zero-order valence-corrected chi connectivity index (χ0v) is 16.1. The lowest BCUT2D eigenvalue weighted by atomic mass is 10.1. The quantitative estimate of drug-likeness (QED) is 0.363. The van der Waals surface area contributed by atoms with Crippen LogP contribution in [0.25, 0.3) is 10.9 Å². The average molecular weight is 395 g/mol. The van der Waals surface area contributed by atoms with Gasteiger partial charge in [-0.05, 0) is 36.2 Å². The number of benzene rings is 2. The van der Waals surface area contributed by atoms with Crippen molar-refractivity contribution in [3.63, 3.8) is 0 Å². The summed E-state index contributed by atoms with van der Waals surface area (Å²) < 4.78 is 14.7. The number of aromatic nitrogens is 1. The number of pyridine rings is 1. The predicted molar refractivity (Wildman–Crippen MR) is 111 cm³/mol. The molecule has 29 heavy (non-hydrogen) atoms. The molecule has 0 saturated carbocycles. The highest BCUT2D eigenvalue weighted by Gasteiger charge is 2.21. The van der Waals surface area contributed by atoms with Crippen molar-refractivity contribution in [1.82, 2.24) is 9.99 Å². The maximum absolute atomic E-state index is 13.2. The zero-order valence-electron chi connectivity index (χ0n) is 16.1. The van der Waals surface area contributed by atoms with E-state index in [1.54, 1.807) is 30.3 Å². The molecule has 7 heteroatoms. The minimum Gasteiger partial charge on any atom is -0.506 e. The van der Waals surface area contributed by atoms with Gasteiger partial charge in [0.05, 0.1) is 11.7 Å². The number of hydrazone groups is 1. The first-order valence-corrected chi connectivity index (χ1v) is 9.46. The molecular formula is C22H22FN3O3. The lowest BCUT2D eigenvalue weighted by molar-refractivity contribution is 0.0950. The second-order valence-corrected chi connectivity index (χ2v) is 6.66. The number of amides is 1. The van der Waals surface area contributed by atoms with E-state index >= 15 is 0 Å². The molecule has 150 valence electrons. The third kappa shape index (κ3) is 4.51. The molecule has 1 amide bonds. The van der Waals surface area contributed by atoms with Gasteiger partial charge in [-0.3, -0.25) is 9.59 Å². The Kier molecular flexibility index (Phi) is 6.39. The SMILES string of the molecule is CCCCCn1c(=O)c(C(=O)N/N=C/c2cccc(F)c2)c(O)c2ccccc21. The molecule has 0 fully saturated rings. The normalized spacial score (nSPS) is 11.2. The topological polar surface area (TPSA) is 83.7 Å². The maximum atomic E-state index is 13.2. The second-order valence-electron chi connectivity index (χ2n) is 6.66. The minimum atomic E-state index is -0.824. The Balaban J connectivity index is 1.95. The molecule has 0 radical (unpaired) electrons. The summed E-state index contributed by atoms with van der Waals surface area (Å²) in [5.41, 5.74) is 2.33. The summed E-state index contributed by atoms with van der Waals surface area (Å²) >= 11 is 0. The molecule has 2 N–H and O–H groups in total. The number of nitrogens with one attached hydrogen (secondary N) is 1. The van der Waals surface area contributed by atoms with Gasteiger partial charge in [-0.2, -0.15) is 5.10 Å². The Bertz CT molecular complexity index is 1120. The number of rotatable bonds is 7. The van der Waals surface area contributed by atoms with E-state index in [0.717, 1.165) is 19.3 Å². The van der Waals surface area contributed by atoms with Crippen LogP contribution in [0.1, 0.15) is 42.1 Å². The lowest BCUT2D eigenvalue weighted by Crippen LogP contribution is -2.31. The van der Waals surface area contributed by atoms with Gasteiger partial charge in [-0.1, -0.05) is 44.0 Å². The second kappa shape index (κ2) is 9.14. The van der Waals surface area contributed by atoms with Gasteiger partial charge < -0.3 is 9.67 Å². The maximum Gasteiger partial charge on any atom is 0.280 e. The molecule has 0 unspecified atom stereocenters. The highest BCUT2D eigenvalue weighted by molar-refractivity contribution is 6.02. The van der Waals surface area contributed by atoms with Gasteiger partial charge in [0.1, 0.15) is 17.1 Å². The molecular weight excluding hydrogens is 373 g/mol. The zero-order chi connectivity index (χ0) is 20.8. The summed E-state index contributed by atoms with van der Waals surface area (Å²) in [5.74, 6) is -1.63. The van der Waals surface area contributed by atoms with Gasteiger partial charge in [0, 0.05) is 11.9 Å². The molecule has 0 aliphatic carbocycles. The standard InChI is InChI=1S/C22H22FN3O3/c1-2-3-6-12-26-18-11-5-4-10-17(18)20(27)19(22(26)29)21(28)25-24-14-15-8-7-9-16(23)13-15/h4-5,7-11,13-14,27H,2-3,6,12H2,1H3,(H,25,28)/b24-14+. The van der Waals surface area contributed by atoms with E-state index < -0.39 is 17.3 Å². The van der Waals surface area contributed by atoms with E-state index in [1.807, 2.05) is 0 Å². The van der Waals surface area contributed by atoms with Crippen LogP contribution in [0.5, 0.6) is 5.75 Å². The van der Waals surface area contributed by atoms with E-state index in [2.05, 4.69) is 17.5 Å². The summed E-state index contributed by atoms with van der Waals surface area (Å²) in [4.78, 5) is 25.6. The highest BCUT2D eigenvalue weighted by Crippen LogP contribution is 2.26. The number of para-hydroxylation sites is 1. The Morgan fingerprint density at radius 2 is 2.00 bits per heavy atom. The van der Waals surface area contributed by atoms with Crippen LogP contribution in [0, 0.1) is 5.82 Å². The van der Waals surface area contributed by atoms with Crippen LogP contribution in [-0.4, -0.2) is 21.8 Å². The van der Waals surface area contributed by atoms with Crippen LogP contribution in [0.4, 0.5) is 4.39 Å². The van der Waals surface area contributed by atoms with Crippen LogP contribution in [0.15, 0.2) is 58.4 Å². The van der Waals surface area contributed by atoms with E-state index in [9.17, 15) is 19.1 Å². The van der Waals surface area contributed by atoms with Crippen LogP contribution in [0.2, 0.25) is 0 Å². The third-order valence-electron chi connectivity index (χ3n) is 4.59. The molecule has 0 atom stereocenters. The van der Waals surface area contributed by atoms with Crippen molar-refractivity contribution in [2.24, 2.45) is 5.10 Å². The van der Waals surface area contributed by atoms with Crippen LogP contribution in [-0.2, 0) is 6.54 Å². The summed E-state index contributed by atoms with van der Waals surface area (Å²) in [6.07, 6.45) is 3.98. The average Bonchev–Trinajstić information content (AvgIpc) is 2.71. The number of carbonyl (C=O) groups is 1. The van der Waals surface area contributed by atoms with Crippen molar-refractivity contribution in [2.45, 2.75) is 32.7 Å². The number of fused-ring (bicyclic) bond motifs is 1. The van der Waals surface area contributed by atoms with E-state index in [0.29, 0.717) is 23.0 Å². The summed E-state index contributed by atoms with van der Waals surface area (Å²) in [6.45, 7) is 2.51. The first-order chi connectivity index (χ1) is 14.0. The van der Waals surface area contributed by atoms with Crippen molar-refractivity contribution in [3.8, 4) is 5.75 Å². The van der Waals surface area contributed by atoms with Crippen LogP contribution >= 0.6 is 0 Å². The summed E-state index contributed by atoms with van der Waals surface area (Å²) in [7, 11) is 0. The van der Waals surface area contributed by atoms with Crippen molar-refractivity contribution < 1.29 is 14.3 Å². The van der Waals surface area contributed by atoms with Gasteiger partial charge in [-0.15, -0.1) is 0 Å². The highest BCUT2D eigenvalue weighted by atomic mass is 19.1. The summed E-state index contributed by atoms with van der Waals surface area (Å²) in [5, 5.41) is 14.8. The molecule has 0 bridgehead atoms. The van der Waals surface area contributed by atoms with Gasteiger partial charge in [0.2, 0.25) is 0 Å². The Morgan fingerprint density at radius 3 is 2.76 bits per heavy atom. The molecule has 0 aliphatic rings. The first-order valence-electron chi connectivity index (χ1n) is 9.46. The molecule has 1 aromatic heterocycles. The number of aromatic hydroxyl groups is 1.